The van der Waals surface area contributed by atoms with Crippen LogP contribution >= 0.6 is 0 Å². The van der Waals surface area contributed by atoms with Crippen molar-refractivity contribution in [1.82, 2.24) is 10.2 Å². The van der Waals surface area contributed by atoms with Gasteiger partial charge in [0.15, 0.2) is 0 Å². The first-order valence-electron chi connectivity index (χ1n) is 8.25. The Bertz CT molecular complexity index is 435. The van der Waals surface area contributed by atoms with Crippen molar-refractivity contribution < 1.29 is 4.79 Å². The minimum Gasteiger partial charge on any atom is -0.341 e. The highest BCUT2D eigenvalue weighted by Gasteiger charge is 2.19. The van der Waals surface area contributed by atoms with Gasteiger partial charge in [-0.2, -0.15) is 0 Å². The highest BCUT2D eigenvalue weighted by Crippen LogP contribution is 2.11. The van der Waals surface area contributed by atoms with Gasteiger partial charge in [0.2, 0.25) is 5.91 Å². The number of amides is 1. The smallest absolute Gasteiger partial charge is 0.222 e. The van der Waals surface area contributed by atoms with Crippen LogP contribution < -0.4 is 5.32 Å². The number of nitrogens with zero attached hydrogens (tertiary/aromatic N) is 1. The van der Waals surface area contributed by atoms with E-state index in [4.69, 9.17) is 0 Å². The lowest BCUT2D eigenvalue weighted by molar-refractivity contribution is -0.131. The second kappa shape index (κ2) is 8.18. The van der Waals surface area contributed by atoms with Gasteiger partial charge in [-0.25, -0.2) is 0 Å². The number of hydrogen-bond acceptors (Lipinski definition) is 2. The first-order chi connectivity index (χ1) is 10.2. The summed E-state index contributed by atoms with van der Waals surface area (Å²) in [5.41, 5.74) is 2.52. The number of nitrogens with one attached hydrogen (secondary N) is 1. The van der Waals surface area contributed by atoms with Crippen LogP contribution in [-0.4, -0.2) is 36.5 Å². The van der Waals surface area contributed by atoms with Crippen LogP contribution in [0.3, 0.4) is 0 Å². The summed E-state index contributed by atoms with van der Waals surface area (Å²) in [6.07, 6.45) is 5.20. The van der Waals surface area contributed by atoms with Crippen molar-refractivity contribution in [3.63, 3.8) is 0 Å². The molecule has 3 nitrogen and oxygen atoms in total. The molecule has 1 amide bonds. The molecule has 1 heterocycles. The average Bonchev–Trinajstić information content (AvgIpc) is 2.52. The SMILES string of the molecule is CCN(CC1CCCCN1)C(=O)CCc1ccc(C)cc1. The van der Waals surface area contributed by atoms with Gasteiger partial charge >= 0.3 is 0 Å². The molecular formula is C18H28N2O. The maximum absolute atomic E-state index is 12.4. The summed E-state index contributed by atoms with van der Waals surface area (Å²) in [5.74, 6) is 0.283. The second-order valence-corrected chi connectivity index (χ2v) is 6.06. The third kappa shape index (κ3) is 5.16. The molecule has 116 valence electrons. The van der Waals surface area contributed by atoms with Gasteiger partial charge in [0.25, 0.3) is 0 Å². The molecule has 0 saturated carbocycles. The molecule has 0 aliphatic carbocycles. The van der Waals surface area contributed by atoms with Crippen LogP contribution in [0.15, 0.2) is 24.3 Å². The van der Waals surface area contributed by atoms with Crippen LogP contribution in [0.1, 0.15) is 43.7 Å². The molecule has 1 atom stereocenters. The summed E-state index contributed by atoms with van der Waals surface area (Å²) in [5, 5.41) is 3.52. The Morgan fingerprint density at radius 1 is 1.29 bits per heavy atom. The average molecular weight is 288 g/mol. The van der Waals surface area contributed by atoms with E-state index >= 15 is 0 Å². The Morgan fingerprint density at radius 2 is 2.05 bits per heavy atom. The zero-order valence-corrected chi connectivity index (χ0v) is 13.4. The Hall–Kier alpha value is -1.35. The number of hydrogen-bond donors (Lipinski definition) is 1. The van der Waals surface area contributed by atoms with Gasteiger partial charge in [-0.05, 0) is 45.2 Å². The van der Waals surface area contributed by atoms with E-state index in [9.17, 15) is 4.79 Å². The van der Waals surface area contributed by atoms with Gasteiger partial charge in [-0.1, -0.05) is 36.2 Å². The third-order valence-corrected chi connectivity index (χ3v) is 4.34. The molecule has 0 spiro atoms. The Kier molecular flexibility index (Phi) is 6.24. The summed E-state index contributed by atoms with van der Waals surface area (Å²) in [4.78, 5) is 14.4. The fourth-order valence-corrected chi connectivity index (χ4v) is 2.92. The number of rotatable bonds is 6. The lowest BCUT2D eigenvalue weighted by Gasteiger charge is -2.30. The van der Waals surface area contributed by atoms with E-state index in [0.29, 0.717) is 12.5 Å². The lowest BCUT2D eigenvalue weighted by Crippen LogP contribution is -2.45. The number of carbonyl (C=O) groups excluding carboxylic acids is 1. The number of carbonyl (C=O) groups is 1. The molecular weight excluding hydrogens is 260 g/mol. The predicted octanol–water partition coefficient (Wildman–Crippen LogP) is 2.92. The van der Waals surface area contributed by atoms with Crippen molar-refractivity contribution in [2.24, 2.45) is 0 Å². The van der Waals surface area contributed by atoms with Gasteiger partial charge in [0.1, 0.15) is 0 Å². The van der Waals surface area contributed by atoms with Crippen LogP contribution in [0.25, 0.3) is 0 Å². The molecule has 1 saturated heterocycles. The van der Waals surface area contributed by atoms with E-state index in [2.05, 4.69) is 43.4 Å². The molecule has 1 aliphatic heterocycles. The minimum absolute atomic E-state index is 0.283. The number of piperidine rings is 1. The third-order valence-electron chi connectivity index (χ3n) is 4.34. The van der Waals surface area contributed by atoms with Crippen molar-refractivity contribution in [2.75, 3.05) is 19.6 Å². The number of aryl methyl sites for hydroxylation is 2. The monoisotopic (exact) mass is 288 g/mol. The summed E-state index contributed by atoms with van der Waals surface area (Å²) in [7, 11) is 0. The fraction of sp³-hybridized carbons (Fsp3) is 0.611. The van der Waals surface area contributed by atoms with E-state index in [1.54, 1.807) is 0 Å². The van der Waals surface area contributed by atoms with Crippen molar-refractivity contribution in [1.29, 1.82) is 0 Å². The molecule has 0 aromatic heterocycles. The van der Waals surface area contributed by atoms with E-state index in [-0.39, 0.29) is 5.91 Å². The van der Waals surface area contributed by atoms with Crippen LogP contribution in [0.4, 0.5) is 0 Å². The van der Waals surface area contributed by atoms with Crippen LogP contribution in [-0.2, 0) is 11.2 Å². The van der Waals surface area contributed by atoms with Crippen LogP contribution in [0.2, 0.25) is 0 Å². The van der Waals surface area contributed by atoms with E-state index in [1.165, 1.54) is 30.4 Å². The predicted molar refractivity (Wildman–Crippen MR) is 87.4 cm³/mol. The van der Waals surface area contributed by atoms with Crippen molar-refractivity contribution in [2.45, 2.75) is 52.0 Å². The van der Waals surface area contributed by atoms with Crippen molar-refractivity contribution in [3.8, 4) is 0 Å². The lowest BCUT2D eigenvalue weighted by atomic mass is 10.0. The maximum Gasteiger partial charge on any atom is 0.222 e. The first-order valence-corrected chi connectivity index (χ1v) is 8.25. The molecule has 1 aliphatic rings. The largest absolute Gasteiger partial charge is 0.341 e. The topological polar surface area (TPSA) is 32.3 Å². The van der Waals surface area contributed by atoms with Crippen molar-refractivity contribution >= 4 is 5.91 Å². The maximum atomic E-state index is 12.4. The summed E-state index contributed by atoms with van der Waals surface area (Å²) < 4.78 is 0. The first kappa shape index (κ1) is 16.0. The van der Waals surface area contributed by atoms with E-state index < -0.39 is 0 Å². The molecule has 2 rings (SSSR count). The Morgan fingerprint density at radius 3 is 2.67 bits per heavy atom. The number of likely N-dealkylation sites (N-methyl/N-ethyl adjacent to an activating group) is 1. The molecule has 21 heavy (non-hydrogen) atoms. The van der Waals surface area contributed by atoms with Crippen LogP contribution in [0.5, 0.6) is 0 Å². The molecule has 0 bridgehead atoms. The van der Waals surface area contributed by atoms with Crippen LogP contribution in [0, 0.1) is 6.92 Å². The van der Waals surface area contributed by atoms with E-state index in [0.717, 1.165) is 26.1 Å². The Balaban J connectivity index is 1.80. The van der Waals surface area contributed by atoms with Gasteiger partial charge in [0, 0.05) is 25.6 Å². The summed E-state index contributed by atoms with van der Waals surface area (Å²) in [6, 6.07) is 8.97. The second-order valence-electron chi connectivity index (χ2n) is 6.06. The van der Waals surface area contributed by atoms with Gasteiger partial charge in [-0.15, -0.1) is 0 Å². The van der Waals surface area contributed by atoms with Gasteiger partial charge < -0.3 is 10.2 Å². The standard InChI is InChI=1S/C18H28N2O/c1-3-20(14-17-6-4-5-13-19-17)18(21)12-11-16-9-7-15(2)8-10-16/h7-10,17,19H,3-6,11-14H2,1-2H3. The highest BCUT2D eigenvalue weighted by atomic mass is 16.2. The Labute approximate surface area is 128 Å². The summed E-state index contributed by atoms with van der Waals surface area (Å²) in [6.45, 7) is 6.94. The van der Waals surface area contributed by atoms with E-state index in [1.807, 2.05) is 4.90 Å². The quantitative estimate of drug-likeness (QED) is 0.873. The molecule has 1 N–H and O–H groups in total. The minimum atomic E-state index is 0.283. The zero-order valence-electron chi connectivity index (χ0n) is 13.4. The van der Waals surface area contributed by atoms with Gasteiger partial charge in [0.05, 0.1) is 0 Å². The number of benzene rings is 1. The zero-order chi connectivity index (χ0) is 15.1. The molecule has 1 aromatic carbocycles. The van der Waals surface area contributed by atoms with Crippen molar-refractivity contribution in [3.05, 3.63) is 35.4 Å². The molecule has 1 aromatic rings. The molecule has 3 heteroatoms. The molecule has 1 fully saturated rings. The molecule has 0 radical (unpaired) electrons. The normalized spacial score (nSPS) is 18.5. The fourth-order valence-electron chi connectivity index (χ4n) is 2.92. The van der Waals surface area contributed by atoms with Gasteiger partial charge in [-0.3, -0.25) is 4.79 Å². The highest BCUT2D eigenvalue weighted by molar-refractivity contribution is 5.76. The summed E-state index contributed by atoms with van der Waals surface area (Å²) >= 11 is 0. The molecule has 1 unspecified atom stereocenters.